The van der Waals surface area contributed by atoms with Gasteiger partial charge < -0.3 is 15.3 Å². The molecule has 0 bridgehead atoms. The number of carbonyl (C=O) groups is 2. The molecular formula is C24H31N3O5. The van der Waals surface area contributed by atoms with Crippen molar-refractivity contribution >= 4 is 17.6 Å². The summed E-state index contributed by atoms with van der Waals surface area (Å²) in [6.45, 7) is 9.95. The van der Waals surface area contributed by atoms with Gasteiger partial charge >= 0.3 is 5.97 Å². The summed E-state index contributed by atoms with van der Waals surface area (Å²) in [5, 5.41) is 24.6. The van der Waals surface area contributed by atoms with Crippen molar-refractivity contribution in [2.75, 3.05) is 13.1 Å². The van der Waals surface area contributed by atoms with Crippen LogP contribution in [0.2, 0.25) is 0 Å². The number of carboxylic acid groups (broad SMARTS) is 1. The van der Waals surface area contributed by atoms with Crippen LogP contribution in [0.5, 0.6) is 0 Å². The summed E-state index contributed by atoms with van der Waals surface area (Å²) in [6, 6.07) is 5.98. The number of aliphatic carboxylic acids is 1. The SMILES string of the molecule is C=CCNC(=O)C1=C(C)N(CCCCCC)C(C)=C(C(=O)O)C1c1ccccc1[N+](=O)[O-]. The fourth-order valence-electron chi connectivity index (χ4n) is 4.18. The van der Waals surface area contributed by atoms with Crippen LogP contribution in [0.25, 0.3) is 0 Å². The Hall–Kier alpha value is -3.42. The minimum absolute atomic E-state index is 0.0239. The highest BCUT2D eigenvalue weighted by molar-refractivity contribution is 6.02. The Balaban J connectivity index is 2.71. The minimum atomic E-state index is -1.20. The lowest BCUT2D eigenvalue weighted by molar-refractivity contribution is -0.385. The summed E-state index contributed by atoms with van der Waals surface area (Å²) >= 11 is 0. The molecule has 1 heterocycles. The third kappa shape index (κ3) is 5.25. The number of nitro groups is 1. The standard InChI is InChI=1S/C24H31N3O5/c1-5-7-8-11-15-26-16(3)20(23(28)25-14-6-2)22(21(17(26)4)24(29)30)18-12-9-10-13-19(18)27(31)32/h6,9-10,12-13,22H,2,5,7-8,11,14-15H2,1,3-4H3,(H,25,28)(H,29,30). The number of hydrogen-bond donors (Lipinski definition) is 2. The van der Waals surface area contributed by atoms with Gasteiger partial charge in [-0.1, -0.05) is 50.5 Å². The third-order valence-electron chi connectivity index (χ3n) is 5.73. The zero-order valence-corrected chi connectivity index (χ0v) is 18.9. The van der Waals surface area contributed by atoms with Crippen molar-refractivity contribution in [1.29, 1.82) is 0 Å². The van der Waals surface area contributed by atoms with Crippen molar-refractivity contribution in [1.82, 2.24) is 10.2 Å². The lowest BCUT2D eigenvalue weighted by atomic mass is 9.78. The molecular weight excluding hydrogens is 410 g/mol. The highest BCUT2D eigenvalue weighted by Gasteiger charge is 2.41. The van der Waals surface area contributed by atoms with Crippen LogP contribution in [0, 0.1) is 10.1 Å². The van der Waals surface area contributed by atoms with Gasteiger partial charge in [-0.3, -0.25) is 14.9 Å². The molecule has 0 saturated carbocycles. The van der Waals surface area contributed by atoms with Gasteiger partial charge in [0.2, 0.25) is 5.91 Å². The average Bonchev–Trinajstić information content (AvgIpc) is 2.76. The molecule has 1 amide bonds. The van der Waals surface area contributed by atoms with Gasteiger partial charge in [0.25, 0.3) is 5.69 Å². The monoisotopic (exact) mass is 441 g/mol. The number of nitrogens with zero attached hydrogens (tertiary/aromatic N) is 2. The number of amides is 1. The van der Waals surface area contributed by atoms with E-state index in [1.165, 1.54) is 24.3 Å². The second-order valence-electron chi connectivity index (χ2n) is 7.76. The van der Waals surface area contributed by atoms with E-state index in [4.69, 9.17) is 0 Å². The smallest absolute Gasteiger partial charge is 0.334 e. The largest absolute Gasteiger partial charge is 0.478 e. The molecule has 0 aromatic heterocycles. The Morgan fingerprint density at radius 2 is 1.84 bits per heavy atom. The summed E-state index contributed by atoms with van der Waals surface area (Å²) in [4.78, 5) is 38.6. The highest BCUT2D eigenvalue weighted by atomic mass is 16.6. The van der Waals surface area contributed by atoms with Crippen LogP contribution in [-0.4, -0.2) is 39.9 Å². The maximum atomic E-state index is 13.2. The quantitative estimate of drug-likeness (QED) is 0.226. The molecule has 2 rings (SSSR count). The van der Waals surface area contributed by atoms with Crippen LogP contribution in [-0.2, 0) is 9.59 Å². The summed E-state index contributed by atoms with van der Waals surface area (Å²) in [6.07, 6.45) is 5.49. The second-order valence-corrected chi connectivity index (χ2v) is 7.76. The van der Waals surface area contributed by atoms with Gasteiger partial charge in [0.15, 0.2) is 0 Å². The van der Waals surface area contributed by atoms with Crippen LogP contribution in [0.4, 0.5) is 5.69 Å². The molecule has 2 N–H and O–H groups in total. The average molecular weight is 442 g/mol. The maximum absolute atomic E-state index is 13.2. The van der Waals surface area contributed by atoms with Crippen molar-refractivity contribution in [2.24, 2.45) is 0 Å². The van der Waals surface area contributed by atoms with E-state index in [9.17, 15) is 24.8 Å². The Labute approximate surface area is 188 Å². The van der Waals surface area contributed by atoms with Crippen molar-refractivity contribution < 1.29 is 19.6 Å². The van der Waals surface area contributed by atoms with Gasteiger partial charge in [0, 0.05) is 41.7 Å². The number of carbonyl (C=O) groups excluding carboxylic acids is 1. The molecule has 1 aromatic carbocycles. The Morgan fingerprint density at radius 3 is 2.44 bits per heavy atom. The second kappa shape index (κ2) is 11.3. The molecule has 1 atom stereocenters. The molecule has 1 aliphatic rings. The Bertz CT molecular complexity index is 964. The van der Waals surface area contributed by atoms with Crippen LogP contribution in [0.3, 0.4) is 0 Å². The fraction of sp³-hybridized carbons (Fsp3) is 0.417. The molecule has 8 nitrogen and oxygen atoms in total. The van der Waals surface area contributed by atoms with Crippen molar-refractivity contribution in [3.63, 3.8) is 0 Å². The first-order valence-electron chi connectivity index (χ1n) is 10.8. The fourth-order valence-corrected chi connectivity index (χ4v) is 4.18. The van der Waals surface area contributed by atoms with Crippen molar-refractivity contribution in [3.8, 4) is 0 Å². The first kappa shape index (κ1) is 24.8. The molecule has 8 heteroatoms. The van der Waals surface area contributed by atoms with Gasteiger partial charge in [0.05, 0.1) is 16.4 Å². The first-order chi connectivity index (χ1) is 15.3. The Kier molecular flexibility index (Phi) is 8.75. The summed E-state index contributed by atoms with van der Waals surface area (Å²) in [7, 11) is 0. The topological polar surface area (TPSA) is 113 Å². The van der Waals surface area contributed by atoms with E-state index in [0.717, 1.165) is 25.7 Å². The summed E-state index contributed by atoms with van der Waals surface area (Å²) in [5.74, 6) is -2.73. The zero-order valence-electron chi connectivity index (χ0n) is 18.9. The van der Waals surface area contributed by atoms with E-state index in [0.29, 0.717) is 17.9 Å². The highest BCUT2D eigenvalue weighted by Crippen LogP contribution is 2.44. The summed E-state index contributed by atoms with van der Waals surface area (Å²) in [5.41, 5.74) is 1.25. The van der Waals surface area contributed by atoms with Crippen molar-refractivity contribution in [3.05, 3.63) is 75.1 Å². The van der Waals surface area contributed by atoms with Crippen molar-refractivity contribution in [2.45, 2.75) is 52.4 Å². The van der Waals surface area contributed by atoms with E-state index < -0.39 is 22.7 Å². The molecule has 1 aliphatic heterocycles. The van der Waals surface area contributed by atoms with Crippen LogP contribution >= 0.6 is 0 Å². The molecule has 0 aliphatic carbocycles. The van der Waals surface area contributed by atoms with Gasteiger partial charge in [-0.15, -0.1) is 6.58 Å². The van der Waals surface area contributed by atoms with E-state index >= 15 is 0 Å². The molecule has 0 saturated heterocycles. The normalized spacial score (nSPS) is 16.2. The Morgan fingerprint density at radius 1 is 1.19 bits per heavy atom. The molecule has 1 unspecified atom stereocenters. The van der Waals surface area contributed by atoms with Crippen LogP contribution in [0.1, 0.15) is 57.9 Å². The molecule has 32 heavy (non-hydrogen) atoms. The molecule has 0 spiro atoms. The summed E-state index contributed by atoms with van der Waals surface area (Å²) < 4.78 is 0. The van der Waals surface area contributed by atoms with E-state index in [1.807, 2.05) is 4.90 Å². The number of benzene rings is 1. The number of nitro benzene ring substituents is 1. The van der Waals surface area contributed by atoms with E-state index in [-0.39, 0.29) is 28.9 Å². The van der Waals surface area contributed by atoms with Gasteiger partial charge in [-0.25, -0.2) is 4.79 Å². The lowest BCUT2D eigenvalue weighted by Gasteiger charge is -2.37. The number of nitrogens with one attached hydrogen (secondary N) is 1. The number of allylic oxidation sites excluding steroid dienone is 2. The van der Waals surface area contributed by atoms with Crippen LogP contribution in [0.15, 0.2) is 59.5 Å². The number of rotatable bonds is 11. The predicted octanol–water partition coefficient (Wildman–Crippen LogP) is 4.51. The van der Waals surface area contributed by atoms with E-state index in [1.54, 1.807) is 19.9 Å². The first-order valence-corrected chi connectivity index (χ1v) is 10.8. The number of hydrogen-bond acceptors (Lipinski definition) is 5. The number of unbranched alkanes of at least 4 members (excludes halogenated alkanes) is 3. The van der Waals surface area contributed by atoms with E-state index in [2.05, 4.69) is 18.8 Å². The van der Waals surface area contributed by atoms with Gasteiger partial charge in [-0.05, 0) is 20.3 Å². The third-order valence-corrected chi connectivity index (χ3v) is 5.73. The molecule has 0 radical (unpaired) electrons. The molecule has 1 aromatic rings. The molecule has 0 fully saturated rings. The van der Waals surface area contributed by atoms with Gasteiger partial charge in [-0.2, -0.15) is 0 Å². The predicted molar refractivity (Wildman–Crippen MR) is 123 cm³/mol. The number of para-hydroxylation sites is 1. The molecule has 172 valence electrons. The maximum Gasteiger partial charge on any atom is 0.334 e. The minimum Gasteiger partial charge on any atom is -0.478 e. The number of carboxylic acids is 1. The lowest BCUT2D eigenvalue weighted by Crippen LogP contribution is -2.38. The van der Waals surface area contributed by atoms with Crippen LogP contribution < -0.4 is 5.32 Å². The van der Waals surface area contributed by atoms with Gasteiger partial charge in [0.1, 0.15) is 0 Å². The zero-order chi connectivity index (χ0) is 23.8.